The zero-order valence-electron chi connectivity index (χ0n) is 15.9. The maximum Gasteiger partial charge on any atom is 0.264 e. The summed E-state index contributed by atoms with van der Waals surface area (Å²) in [4.78, 5) is 12.6. The monoisotopic (exact) mass is 412 g/mol. The van der Waals surface area contributed by atoms with Crippen molar-refractivity contribution in [3.8, 4) is 0 Å². The number of nitrogens with zero attached hydrogens (tertiary/aromatic N) is 1. The molecule has 1 amide bonds. The van der Waals surface area contributed by atoms with E-state index in [0.29, 0.717) is 11.3 Å². The highest BCUT2D eigenvalue weighted by Gasteiger charge is 2.27. The molecule has 3 rings (SSSR count). The number of hydrogen-bond donors (Lipinski definition) is 1. The van der Waals surface area contributed by atoms with Crippen LogP contribution in [0.1, 0.15) is 11.1 Å². The Balaban J connectivity index is 1.81. The molecule has 0 bridgehead atoms. The van der Waals surface area contributed by atoms with E-state index in [-0.39, 0.29) is 23.8 Å². The van der Waals surface area contributed by atoms with Crippen LogP contribution in [0.4, 0.5) is 10.1 Å². The second-order valence-electron chi connectivity index (χ2n) is 6.56. The SMILES string of the molecule is Cc1ccc(S(=O)(=O)N(CC(=O)NCc2ccc(F)cc2)c2ccccc2)cc1. The van der Waals surface area contributed by atoms with E-state index in [0.717, 1.165) is 9.87 Å². The van der Waals surface area contributed by atoms with Gasteiger partial charge in [0.15, 0.2) is 0 Å². The third-order valence-electron chi connectivity index (χ3n) is 4.34. The first-order valence-electron chi connectivity index (χ1n) is 9.02. The van der Waals surface area contributed by atoms with Crippen LogP contribution in [-0.2, 0) is 21.4 Å². The molecule has 0 unspecified atom stereocenters. The predicted molar refractivity (Wildman–Crippen MR) is 110 cm³/mol. The first-order valence-corrected chi connectivity index (χ1v) is 10.5. The van der Waals surface area contributed by atoms with Gasteiger partial charge in [0.25, 0.3) is 10.0 Å². The van der Waals surface area contributed by atoms with E-state index in [4.69, 9.17) is 0 Å². The number of para-hydroxylation sites is 1. The van der Waals surface area contributed by atoms with Crippen LogP contribution in [0.5, 0.6) is 0 Å². The van der Waals surface area contributed by atoms with E-state index in [9.17, 15) is 17.6 Å². The summed E-state index contributed by atoms with van der Waals surface area (Å²) in [6.45, 7) is 1.67. The molecule has 7 heteroatoms. The molecule has 1 N–H and O–H groups in total. The Hall–Kier alpha value is -3.19. The van der Waals surface area contributed by atoms with Crippen LogP contribution in [0.3, 0.4) is 0 Å². The average molecular weight is 412 g/mol. The molecular weight excluding hydrogens is 391 g/mol. The fourth-order valence-electron chi connectivity index (χ4n) is 2.74. The zero-order valence-corrected chi connectivity index (χ0v) is 16.7. The molecule has 3 aromatic carbocycles. The van der Waals surface area contributed by atoms with E-state index in [1.165, 1.54) is 24.3 Å². The van der Waals surface area contributed by atoms with E-state index in [1.54, 1.807) is 54.6 Å². The molecule has 0 saturated carbocycles. The lowest BCUT2D eigenvalue weighted by molar-refractivity contribution is -0.119. The van der Waals surface area contributed by atoms with Gasteiger partial charge in [-0.1, -0.05) is 48.0 Å². The Bertz CT molecular complexity index is 1070. The maximum absolute atomic E-state index is 13.2. The molecular formula is C22H21FN2O3S. The van der Waals surface area contributed by atoms with Crippen molar-refractivity contribution in [2.45, 2.75) is 18.4 Å². The van der Waals surface area contributed by atoms with Crippen molar-refractivity contribution >= 4 is 21.6 Å². The summed E-state index contributed by atoms with van der Waals surface area (Å²) in [5.41, 5.74) is 2.05. The van der Waals surface area contributed by atoms with Crippen LogP contribution in [0.25, 0.3) is 0 Å². The van der Waals surface area contributed by atoms with Crippen molar-refractivity contribution < 1.29 is 17.6 Å². The summed E-state index contributed by atoms with van der Waals surface area (Å²) in [7, 11) is -3.93. The van der Waals surface area contributed by atoms with Gasteiger partial charge >= 0.3 is 0 Å². The number of hydrogen-bond acceptors (Lipinski definition) is 3. The fraction of sp³-hybridized carbons (Fsp3) is 0.136. The molecule has 0 atom stereocenters. The number of rotatable bonds is 7. The molecule has 0 fully saturated rings. The summed E-state index contributed by atoms with van der Waals surface area (Å²) in [5, 5.41) is 2.68. The highest BCUT2D eigenvalue weighted by Crippen LogP contribution is 2.23. The standard InChI is InChI=1S/C22H21FN2O3S/c1-17-7-13-21(14-8-17)29(27,28)25(20-5-3-2-4-6-20)16-22(26)24-15-18-9-11-19(23)12-10-18/h2-14H,15-16H2,1H3,(H,24,26). The van der Waals surface area contributed by atoms with Crippen LogP contribution in [0, 0.1) is 12.7 Å². The summed E-state index contributed by atoms with van der Waals surface area (Å²) in [5.74, 6) is -0.826. The Morgan fingerprint density at radius 3 is 2.17 bits per heavy atom. The lowest BCUT2D eigenvalue weighted by Crippen LogP contribution is -2.40. The van der Waals surface area contributed by atoms with Crippen LogP contribution in [0.2, 0.25) is 0 Å². The Labute approximate surface area is 169 Å². The smallest absolute Gasteiger partial charge is 0.264 e. The van der Waals surface area contributed by atoms with Gasteiger partial charge in [0, 0.05) is 6.54 Å². The van der Waals surface area contributed by atoms with Gasteiger partial charge in [-0.05, 0) is 48.9 Å². The molecule has 29 heavy (non-hydrogen) atoms. The Morgan fingerprint density at radius 1 is 0.931 bits per heavy atom. The van der Waals surface area contributed by atoms with Gasteiger partial charge in [0.05, 0.1) is 10.6 Å². The lowest BCUT2D eigenvalue weighted by Gasteiger charge is -2.24. The zero-order chi connectivity index (χ0) is 20.9. The molecule has 0 spiro atoms. The summed E-state index contributed by atoms with van der Waals surface area (Å²) in [6.07, 6.45) is 0. The number of sulfonamides is 1. The molecule has 0 aromatic heterocycles. The quantitative estimate of drug-likeness (QED) is 0.644. The van der Waals surface area contributed by atoms with Crippen molar-refractivity contribution in [1.29, 1.82) is 0 Å². The highest BCUT2D eigenvalue weighted by molar-refractivity contribution is 7.92. The van der Waals surface area contributed by atoms with E-state index in [1.807, 2.05) is 6.92 Å². The van der Waals surface area contributed by atoms with Crippen LogP contribution < -0.4 is 9.62 Å². The molecule has 0 aliphatic carbocycles. The third-order valence-corrected chi connectivity index (χ3v) is 6.13. The second kappa shape index (κ2) is 8.87. The number of carbonyl (C=O) groups is 1. The van der Waals surface area contributed by atoms with Crippen molar-refractivity contribution in [1.82, 2.24) is 5.32 Å². The summed E-state index contributed by atoms with van der Waals surface area (Å²) in [6, 6.07) is 20.7. The maximum atomic E-state index is 13.2. The number of carbonyl (C=O) groups excluding carboxylic acids is 1. The van der Waals surface area contributed by atoms with Gasteiger partial charge < -0.3 is 5.32 Å². The number of benzene rings is 3. The topological polar surface area (TPSA) is 66.5 Å². The van der Waals surface area contributed by atoms with Crippen LogP contribution >= 0.6 is 0 Å². The predicted octanol–water partition coefficient (Wildman–Crippen LogP) is 3.65. The molecule has 5 nitrogen and oxygen atoms in total. The van der Waals surface area contributed by atoms with Gasteiger partial charge in [-0.15, -0.1) is 0 Å². The van der Waals surface area contributed by atoms with Gasteiger partial charge in [-0.2, -0.15) is 0 Å². The number of anilines is 1. The molecule has 0 aliphatic heterocycles. The lowest BCUT2D eigenvalue weighted by atomic mass is 10.2. The van der Waals surface area contributed by atoms with Gasteiger partial charge in [-0.3, -0.25) is 9.10 Å². The van der Waals surface area contributed by atoms with E-state index >= 15 is 0 Å². The van der Waals surface area contributed by atoms with Gasteiger partial charge in [-0.25, -0.2) is 12.8 Å². The molecule has 0 saturated heterocycles. The van der Waals surface area contributed by atoms with Gasteiger partial charge in [0.2, 0.25) is 5.91 Å². The summed E-state index contributed by atoms with van der Waals surface area (Å²) < 4.78 is 40.5. The summed E-state index contributed by atoms with van der Waals surface area (Å²) >= 11 is 0. The molecule has 150 valence electrons. The van der Waals surface area contributed by atoms with E-state index < -0.39 is 15.9 Å². The van der Waals surface area contributed by atoms with E-state index in [2.05, 4.69) is 5.32 Å². The highest BCUT2D eigenvalue weighted by atomic mass is 32.2. The van der Waals surface area contributed by atoms with Crippen LogP contribution in [0.15, 0.2) is 83.8 Å². The van der Waals surface area contributed by atoms with Crippen molar-refractivity contribution in [3.63, 3.8) is 0 Å². The molecule has 0 aliphatic rings. The number of halogens is 1. The van der Waals surface area contributed by atoms with Crippen molar-refractivity contribution in [2.24, 2.45) is 0 Å². The number of nitrogens with one attached hydrogen (secondary N) is 1. The normalized spacial score (nSPS) is 11.1. The van der Waals surface area contributed by atoms with Crippen LogP contribution in [-0.4, -0.2) is 20.9 Å². The minimum Gasteiger partial charge on any atom is -0.350 e. The largest absolute Gasteiger partial charge is 0.350 e. The third kappa shape index (κ3) is 5.20. The number of amides is 1. The minimum absolute atomic E-state index is 0.110. The fourth-order valence-corrected chi connectivity index (χ4v) is 4.16. The van der Waals surface area contributed by atoms with Crippen molar-refractivity contribution in [3.05, 3.63) is 95.8 Å². The van der Waals surface area contributed by atoms with Crippen molar-refractivity contribution in [2.75, 3.05) is 10.8 Å². The first-order chi connectivity index (χ1) is 13.9. The second-order valence-corrected chi connectivity index (χ2v) is 8.43. The molecule has 0 heterocycles. The molecule has 3 aromatic rings. The Morgan fingerprint density at radius 2 is 1.55 bits per heavy atom. The molecule has 0 radical (unpaired) electrons. The Kier molecular flexibility index (Phi) is 6.29. The number of aryl methyl sites for hydroxylation is 1. The van der Waals surface area contributed by atoms with Gasteiger partial charge in [0.1, 0.15) is 12.4 Å². The average Bonchev–Trinajstić information content (AvgIpc) is 2.72. The minimum atomic E-state index is -3.93. The first kappa shape index (κ1) is 20.5.